The zero-order valence-electron chi connectivity index (χ0n) is 13.0. The summed E-state index contributed by atoms with van der Waals surface area (Å²) in [5.74, 6) is -0.189. The standard InChI is InChI=1S/C17H16F2N2O3/c1-2-21(9-11-3-4-15-16(5-11)24-10-23-15)17(22)20-14-7-12(18)6-13(19)8-14/h3-8H,2,9-10H2,1H3,(H,20,22). The van der Waals surface area contributed by atoms with Crippen LogP contribution in [0.25, 0.3) is 0 Å². The summed E-state index contributed by atoms with van der Waals surface area (Å²) in [4.78, 5) is 13.8. The van der Waals surface area contributed by atoms with Gasteiger partial charge in [-0.2, -0.15) is 0 Å². The average molecular weight is 334 g/mol. The zero-order valence-corrected chi connectivity index (χ0v) is 13.0. The number of fused-ring (bicyclic) bond motifs is 1. The first kappa shape index (κ1) is 16.0. The Kier molecular flexibility index (Phi) is 4.50. The smallest absolute Gasteiger partial charge is 0.322 e. The third kappa shape index (κ3) is 3.56. The van der Waals surface area contributed by atoms with E-state index in [1.54, 1.807) is 12.1 Å². The lowest BCUT2D eigenvalue weighted by Crippen LogP contribution is -2.34. The molecule has 3 rings (SSSR count). The molecule has 0 aliphatic carbocycles. The topological polar surface area (TPSA) is 50.8 Å². The van der Waals surface area contributed by atoms with Crippen molar-refractivity contribution in [3.8, 4) is 11.5 Å². The van der Waals surface area contributed by atoms with Crippen molar-refractivity contribution in [2.45, 2.75) is 13.5 Å². The van der Waals surface area contributed by atoms with Gasteiger partial charge in [0.25, 0.3) is 0 Å². The number of hydrogen-bond donors (Lipinski definition) is 1. The van der Waals surface area contributed by atoms with Gasteiger partial charge in [0.05, 0.1) is 0 Å². The lowest BCUT2D eigenvalue weighted by Gasteiger charge is -2.21. The molecule has 2 amide bonds. The first-order valence-corrected chi connectivity index (χ1v) is 7.45. The number of urea groups is 1. The minimum Gasteiger partial charge on any atom is -0.454 e. The van der Waals surface area contributed by atoms with Crippen molar-refractivity contribution in [1.82, 2.24) is 4.90 Å². The molecule has 0 bridgehead atoms. The Morgan fingerprint density at radius 2 is 1.83 bits per heavy atom. The number of nitrogens with zero attached hydrogens (tertiary/aromatic N) is 1. The second kappa shape index (κ2) is 6.74. The van der Waals surface area contributed by atoms with E-state index >= 15 is 0 Å². The first-order valence-electron chi connectivity index (χ1n) is 7.45. The Hall–Kier alpha value is -2.83. The fraction of sp³-hybridized carbons (Fsp3) is 0.235. The highest BCUT2D eigenvalue weighted by atomic mass is 19.1. The lowest BCUT2D eigenvalue weighted by molar-refractivity contribution is 0.174. The number of halogens is 2. The Morgan fingerprint density at radius 1 is 1.12 bits per heavy atom. The molecule has 1 N–H and O–H groups in total. The SMILES string of the molecule is CCN(Cc1ccc2c(c1)OCO2)C(=O)Nc1cc(F)cc(F)c1. The summed E-state index contributed by atoms with van der Waals surface area (Å²) in [6.07, 6.45) is 0. The van der Waals surface area contributed by atoms with E-state index in [9.17, 15) is 13.6 Å². The van der Waals surface area contributed by atoms with E-state index in [-0.39, 0.29) is 12.5 Å². The van der Waals surface area contributed by atoms with Gasteiger partial charge in [0.15, 0.2) is 11.5 Å². The number of nitrogens with one attached hydrogen (secondary N) is 1. The summed E-state index contributed by atoms with van der Waals surface area (Å²) >= 11 is 0. The average Bonchev–Trinajstić information content (AvgIpc) is 2.99. The molecule has 0 radical (unpaired) electrons. The van der Waals surface area contributed by atoms with E-state index in [2.05, 4.69) is 5.32 Å². The summed E-state index contributed by atoms with van der Waals surface area (Å²) in [7, 11) is 0. The van der Waals surface area contributed by atoms with Crippen molar-refractivity contribution in [3.05, 3.63) is 53.6 Å². The van der Waals surface area contributed by atoms with E-state index in [1.165, 1.54) is 4.90 Å². The molecule has 0 spiro atoms. The van der Waals surface area contributed by atoms with Crippen molar-refractivity contribution in [2.24, 2.45) is 0 Å². The summed E-state index contributed by atoms with van der Waals surface area (Å²) in [6.45, 7) is 2.76. The van der Waals surface area contributed by atoms with Crippen molar-refractivity contribution >= 4 is 11.7 Å². The molecule has 0 aromatic heterocycles. The molecular formula is C17H16F2N2O3. The normalized spacial score (nSPS) is 12.1. The molecule has 0 fully saturated rings. The Bertz CT molecular complexity index is 747. The van der Waals surface area contributed by atoms with Gasteiger partial charge >= 0.3 is 6.03 Å². The van der Waals surface area contributed by atoms with Crippen LogP contribution in [0.5, 0.6) is 11.5 Å². The molecule has 0 saturated carbocycles. The number of hydrogen-bond acceptors (Lipinski definition) is 3. The van der Waals surface area contributed by atoms with Gasteiger partial charge in [0.2, 0.25) is 6.79 Å². The maximum atomic E-state index is 13.2. The van der Waals surface area contributed by atoms with Gasteiger partial charge in [-0.15, -0.1) is 0 Å². The van der Waals surface area contributed by atoms with Crippen molar-refractivity contribution in [2.75, 3.05) is 18.7 Å². The molecule has 7 heteroatoms. The number of anilines is 1. The van der Waals surface area contributed by atoms with E-state index < -0.39 is 17.7 Å². The minimum absolute atomic E-state index is 0.0710. The maximum absolute atomic E-state index is 13.2. The molecule has 126 valence electrons. The minimum atomic E-state index is -0.746. The third-order valence-corrected chi connectivity index (χ3v) is 3.59. The van der Waals surface area contributed by atoms with Crippen molar-refractivity contribution < 1.29 is 23.0 Å². The number of carbonyl (C=O) groups excluding carboxylic acids is 1. The van der Waals surface area contributed by atoms with Crippen LogP contribution in [0.2, 0.25) is 0 Å². The second-order valence-corrected chi connectivity index (χ2v) is 5.29. The van der Waals surface area contributed by atoms with Crippen molar-refractivity contribution in [1.29, 1.82) is 0 Å². The van der Waals surface area contributed by atoms with E-state index in [4.69, 9.17) is 9.47 Å². The fourth-order valence-corrected chi connectivity index (χ4v) is 2.42. The number of rotatable bonds is 4. The van der Waals surface area contributed by atoms with Crippen LogP contribution in [0.3, 0.4) is 0 Å². The third-order valence-electron chi connectivity index (χ3n) is 3.59. The van der Waals surface area contributed by atoms with E-state index in [1.807, 2.05) is 13.0 Å². The van der Waals surface area contributed by atoms with Crippen LogP contribution in [0.4, 0.5) is 19.3 Å². The molecule has 1 heterocycles. The fourth-order valence-electron chi connectivity index (χ4n) is 2.42. The van der Waals surface area contributed by atoms with Gasteiger partial charge in [-0.3, -0.25) is 0 Å². The molecule has 0 atom stereocenters. The summed E-state index contributed by atoms with van der Waals surface area (Å²) in [6, 6.07) is 7.86. The summed E-state index contributed by atoms with van der Waals surface area (Å²) in [5, 5.41) is 2.50. The zero-order chi connectivity index (χ0) is 17.1. The molecule has 0 saturated heterocycles. The van der Waals surface area contributed by atoms with E-state index in [0.29, 0.717) is 24.6 Å². The van der Waals surface area contributed by atoms with Crippen LogP contribution in [0.1, 0.15) is 12.5 Å². The Balaban J connectivity index is 1.70. The van der Waals surface area contributed by atoms with Crippen LogP contribution in [-0.2, 0) is 6.54 Å². The molecule has 1 aliphatic rings. The summed E-state index contributed by atoms with van der Waals surface area (Å²) < 4.78 is 37.0. The van der Waals surface area contributed by atoms with Gasteiger partial charge < -0.3 is 19.7 Å². The highest BCUT2D eigenvalue weighted by Gasteiger charge is 2.17. The number of ether oxygens (including phenoxy) is 2. The maximum Gasteiger partial charge on any atom is 0.322 e. The number of carbonyl (C=O) groups is 1. The van der Waals surface area contributed by atoms with Gasteiger partial charge in [-0.25, -0.2) is 13.6 Å². The largest absolute Gasteiger partial charge is 0.454 e. The lowest BCUT2D eigenvalue weighted by atomic mass is 10.2. The highest BCUT2D eigenvalue weighted by Crippen LogP contribution is 2.32. The van der Waals surface area contributed by atoms with Gasteiger partial charge in [-0.1, -0.05) is 6.07 Å². The monoisotopic (exact) mass is 334 g/mol. The van der Waals surface area contributed by atoms with Crippen LogP contribution >= 0.6 is 0 Å². The number of amides is 2. The van der Waals surface area contributed by atoms with Crippen LogP contribution in [-0.4, -0.2) is 24.3 Å². The van der Waals surface area contributed by atoms with E-state index in [0.717, 1.165) is 23.8 Å². The molecule has 2 aromatic carbocycles. The number of benzene rings is 2. The van der Waals surface area contributed by atoms with Gasteiger partial charge in [-0.05, 0) is 36.8 Å². The highest BCUT2D eigenvalue weighted by molar-refractivity contribution is 5.89. The van der Waals surface area contributed by atoms with Gasteiger partial charge in [0.1, 0.15) is 11.6 Å². The molecule has 24 heavy (non-hydrogen) atoms. The molecule has 0 unspecified atom stereocenters. The predicted octanol–water partition coefficient (Wildman–Crippen LogP) is 3.75. The van der Waals surface area contributed by atoms with Crippen molar-refractivity contribution in [3.63, 3.8) is 0 Å². The quantitative estimate of drug-likeness (QED) is 0.926. The molecule has 2 aromatic rings. The summed E-state index contributed by atoms with van der Waals surface area (Å²) in [5.41, 5.74) is 0.934. The van der Waals surface area contributed by atoms with Crippen LogP contribution in [0, 0.1) is 11.6 Å². The second-order valence-electron chi connectivity index (χ2n) is 5.29. The van der Waals surface area contributed by atoms with Crippen LogP contribution in [0.15, 0.2) is 36.4 Å². The van der Waals surface area contributed by atoms with Gasteiger partial charge in [0, 0.05) is 24.8 Å². The molecular weight excluding hydrogens is 318 g/mol. The van der Waals surface area contributed by atoms with Crippen LogP contribution < -0.4 is 14.8 Å². The molecule has 5 nitrogen and oxygen atoms in total. The Labute approximate surface area is 137 Å². The predicted molar refractivity (Wildman–Crippen MR) is 84.0 cm³/mol. The first-order chi connectivity index (χ1) is 11.5. The molecule has 1 aliphatic heterocycles. The Morgan fingerprint density at radius 3 is 2.54 bits per heavy atom.